The van der Waals surface area contributed by atoms with Crippen molar-refractivity contribution >= 4 is 17.7 Å². The first-order valence-corrected chi connectivity index (χ1v) is 4.74. The highest BCUT2D eigenvalue weighted by Gasteiger charge is 2.17. The van der Waals surface area contributed by atoms with Gasteiger partial charge in [0.25, 0.3) is 5.78 Å². The average Bonchev–Trinajstić information content (AvgIpc) is 2.81. The number of ketones is 1. The lowest BCUT2D eigenvalue weighted by molar-refractivity contribution is -0.131. The molecule has 1 aliphatic heterocycles. The summed E-state index contributed by atoms with van der Waals surface area (Å²) in [4.78, 5) is 25.8. The Kier molecular flexibility index (Phi) is 2.68. The SMILES string of the molecule is O=C(O)C(=O)c1cccc(C2=NCCO2)c1. The fourth-order valence-corrected chi connectivity index (χ4v) is 1.43. The molecular formula is C11H9NO4. The largest absolute Gasteiger partial charge is 0.476 e. The van der Waals surface area contributed by atoms with Gasteiger partial charge in [-0.2, -0.15) is 0 Å². The van der Waals surface area contributed by atoms with Crippen molar-refractivity contribution in [2.75, 3.05) is 13.2 Å². The van der Waals surface area contributed by atoms with Gasteiger partial charge in [-0.3, -0.25) is 4.79 Å². The van der Waals surface area contributed by atoms with E-state index in [1.54, 1.807) is 12.1 Å². The molecule has 1 aliphatic rings. The van der Waals surface area contributed by atoms with Crippen molar-refractivity contribution in [1.82, 2.24) is 0 Å². The zero-order valence-corrected chi connectivity index (χ0v) is 8.34. The Morgan fingerprint density at radius 2 is 2.19 bits per heavy atom. The number of carbonyl (C=O) groups excluding carboxylic acids is 1. The fourth-order valence-electron chi connectivity index (χ4n) is 1.43. The summed E-state index contributed by atoms with van der Waals surface area (Å²) in [5, 5.41) is 8.58. The molecule has 82 valence electrons. The van der Waals surface area contributed by atoms with E-state index in [1.807, 2.05) is 0 Å². The van der Waals surface area contributed by atoms with Gasteiger partial charge in [-0.15, -0.1) is 0 Å². The second-order valence-corrected chi connectivity index (χ2v) is 3.25. The number of hydrogen-bond donors (Lipinski definition) is 1. The minimum absolute atomic E-state index is 0.128. The van der Waals surface area contributed by atoms with E-state index in [0.717, 1.165) is 0 Å². The number of benzene rings is 1. The summed E-state index contributed by atoms with van der Waals surface area (Å²) in [6.45, 7) is 1.11. The maximum atomic E-state index is 11.2. The van der Waals surface area contributed by atoms with Gasteiger partial charge in [-0.05, 0) is 12.1 Å². The average molecular weight is 219 g/mol. The number of Topliss-reactive ketones (excluding diaryl/α,β-unsaturated/α-hetero) is 1. The van der Waals surface area contributed by atoms with Crippen LogP contribution in [0.15, 0.2) is 29.3 Å². The highest BCUT2D eigenvalue weighted by Crippen LogP contribution is 2.11. The first-order valence-electron chi connectivity index (χ1n) is 4.74. The summed E-state index contributed by atoms with van der Waals surface area (Å²) < 4.78 is 5.23. The second kappa shape index (κ2) is 4.14. The Hall–Kier alpha value is -2.17. The summed E-state index contributed by atoms with van der Waals surface area (Å²) in [5.41, 5.74) is 0.757. The van der Waals surface area contributed by atoms with Crippen molar-refractivity contribution < 1.29 is 19.4 Å². The van der Waals surface area contributed by atoms with Crippen LogP contribution < -0.4 is 0 Å². The summed E-state index contributed by atoms with van der Waals surface area (Å²) in [6.07, 6.45) is 0. The van der Waals surface area contributed by atoms with Gasteiger partial charge in [0.05, 0.1) is 6.54 Å². The second-order valence-electron chi connectivity index (χ2n) is 3.25. The van der Waals surface area contributed by atoms with E-state index in [0.29, 0.717) is 24.6 Å². The fraction of sp³-hybridized carbons (Fsp3) is 0.182. The number of nitrogens with zero attached hydrogens (tertiary/aromatic N) is 1. The summed E-state index contributed by atoms with van der Waals surface area (Å²) in [5.74, 6) is -1.94. The Morgan fingerprint density at radius 3 is 2.81 bits per heavy atom. The molecule has 1 aromatic carbocycles. The number of carbonyl (C=O) groups is 2. The van der Waals surface area contributed by atoms with Crippen LogP contribution in [0.25, 0.3) is 0 Å². The predicted molar refractivity (Wildman–Crippen MR) is 55.8 cm³/mol. The zero-order valence-electron chi connectivity index (χ0n) is 8.34. The molecule has 16 heavy (non-hydrogen) atoms. The third-order valence-electron chi connectivity index (χ3n) is 2.15. The molecule has 0 radical (unpaired) electrons. The number of rotatable bonds is 3. The van der Waals surface area contributed by atoms with E-state index in [4.69, 9.17) is 9.84 Å². The Bertz CT molecular complexity index is 461. The lowest BCUT2D eigenvalue weighted by Crippen LogP contribution is -2.13. The molecule has 0 saturated carbocycles. The number of aliphatic imine (C=N–C) groups is 1. The number of aliphatic carboxylic acids is 1. The van der Waals surface area contributed by atoms with E-state index in [-0.39, 0.29) is 5.56 Å². The molecule has 1 heterocycles. The monoisotopic (exact) mass is 219 g/mol. The van der Waals surface area contributed by atoms with Gasteiger partial charge in [0.2, 0.25) is 5.90 Å². The van der Waals surface area contributed by atoms with Crippen LogP contribution in [-0.2, 0) is 9.53 Å². The molecule has 0 spiro atoms. The van der Waals surface area contributed by atoms with Crippen LogP contribution in [0.4, 0.5) is 0 Å². The van der Waals surface area contributed by atoms with Gasteiger partial charge in [0.15, 0.2) is 0 Å². The third-order valence-corrected chi connectivity index (χ3v) is 2.15. The maximum absolute atomic E-state index is 11.2. The minimum Gasteiger partial charge on any atom is -0.476 e. The molecule has 5 nitrogen and oxygen atoms in total. The van der Waals surface area contributed by atoms with Crippen molar-refractivity contribution in [2.45, 2.75) is 0 Å². The van der Waals surface area contributed by atoms with Gasteiger partial charge >= 0.3 is 5.97 Å². The lowest BCUT2D eigenvalue weighted by atomic mass is 10.1. The molecule has 0 aliphatic carbocycles. The van der Waals surface area contributed by atoms with Crippen LogP contribution >= 0.6 is 0 Å². The van der Waals surface area contributed by atoms with Crippen molar-refractivity contribution in [3.05, 3.63) is 35.4 Å². The van der Waals surface area contributed by atoms with Crippen LogP contribution in [0.5, 0.6) is 0 Å². The topological polar surface area (TPSA) is 76.0 Å². The van der Waals surface area contributed by atoms with E-state index < -0.39 is 11.8 Å². The van der Waals surface area contributed by atoms with Gasteiger partial charge < -0.3 is 9.84 Å². The Labute approximate surface area is 91.4 Å². The van der Waals surface area contributed by atoms with Crippen molar-refractivity contribution in [3.8, 4) is 0 Å². The number of hydrogen-bond acceptors (Lipinski definition) is 4. The number of carboxylic acid groups (broad SMARTS) is 1. The van der Waals surface area contributed by atoms with Gasteiger partial charge in [-0.25, -0.2) is 9.79 Å². The molecule has 5 heteroatoms. The molecule has 1 N–H and O–H groups in total. The highest BCUT2D eigenvalue weighted by atomic mass is 16.5. The van der Waals surface area contributed by atoms with Crippen molar-refractivity contribution in [3.63, 3.8) is 0 Å². The van der Waals surface area contributed by atoms with Crippen LogP contribution in [0.1, 0.15) is 15.9 Å². The van der Waals surface area contributed by atoms with Crippen LogP contribution in [0, 0.1) is 0 Å². The first-order chi connectivity index (χ1) is 7.68. The van der Waals surface area contributed by atoms with E-state index in [2.05, 4.69) is 4.99 Å². The summed E-state index contributed by atoms with van der Waals surface area (Å²) in [7, 11) is 0. The molecule has 0 amide bonds. The summed E-state index contributed by atoms with van der Waals surface area (Å²) in [6, 6.07) is 6.26. The van der Waals surface area contributed by atoms with Crippen LogP contribution in [0.2, 0.25) is 0 Å². The number of ether oxygens (including phenoxy) is 1. The van der Waals surface area contributed by atoms with Gasteiger partial charge in [0.1, 0.15) is 6.61 Å². The molecule has 0 bridgehead atoms. The molecule has 0 unspecified atom stereocenters. The van der Waals surface area contributed by atoms with Crippen molar-refractivity contribution in [2.24, 2.45) is 4.99 Å². The van der Waals surface area contributed by atoms with E-state index in [9.17, 15) is 9.59 Å². The predicted octanol–water partition coefficient (Wildman–Crippen LogP) is 0.731. The maximum Gasteiger partial charge on any atom is 0.377 e. The van der Waals surface area contributed by atoms with Crippen molar-refractivity contribution in [1.29, 1.82) is 0 Å². The number of carboxylic acids is 1. The molecule has 1 aromatic rings. The minimum atomic E-state index is -1.47. The molecule has 0 saturated heterocycles. The van der Waals surface area contributed by atoms with Crippen LogP contribution in [-0.4, -0.2) is 35.9 Å². The van der Waals surface area contributed by atoms with E-state index >= 15 is 0 Å². The molecule has 0 fully saturated rings. The molecule has 2 rings (SSSR count). The quantitative estimate of drug-likeness (QED) is 0.600. The standard InChI is InChI=1S/C11H9NO4/c13-9(11(14)15)7-2-1-3-8(6-7)10-12-4-5-16-10/h1-3,6H,4-5H2,(H,14,15). The van der Waals surface area contributed by atoms with Gasteiger partial charge in [0, 0.05) is 11.1 Å². The zero-order chi connectivity index (χ0) is 11.5. The Balaban J connectivity index is 2.33. The van der Waals surface area contributed by atoms with Gasteiger partial charge in [-0.1, -0.05) is 12.1 Å². The lowest BCUT2D eigenvalue weighted by Gasteiger charge is -2.02. The normalized spacial score (nSPS) is 14.1. The first kappa shape index (κ1) is 10.4. The molecule has 0 aromatic heterocycles. The van der Waals surface area contributed by atoms with Crippen LogP contribution in [0.3, 0.4) is 0 Å². The molecular weight excluding hydrogens is 210 g/mol. The smallest absolute Gasteiger partial charge is 0.377 e. The molecule has 0 atom stereocenters. The third kappa shape index (κ3) is 1.93. The summed E-state index contributed by atoms with van der Waals surface area (Å²) >= 11 is 0. The highest BCUT2D eigenvalue weighted by molar-refractivity contribution is 6.40. The Morgan fingerprint density at radius 1 is 1.38 bits per heavy atom. The van der Waals surface area contributed by atoms with E-state index in [1.165, 1.54) is 12.1 Å².